The predicted molar refractivity (Wildman–Crippen MR) is 123 cm³/mol. The lowest BCUT2D eigenvalue weighted by atomic mass is 10.1. The Morgan fingerprint density at radius 2 is 2.03 bits per heavy atom. The highest BCUT2D eigenvalue weighted by molar-refractivity contribution is 7.99. The maximum Gasteiger partial charge on any atom is 0.260 e. The molecular formula is C21H16ClN3O3S2. The number of hydrogen-bond donors (Lipinski definition) is 3. The number of phenols is 1. The van der Waals surface area contributed by atoms with Gasteiger partial charge >= 0.3 is 0 Å². The number of fused-ring (bicyclic) bond motifs is 1. The largest absolute Gasteiger partial charge is 0.506 e. The zero-order valence-electron chi connectivity index (χ0n) is 15.7. The van der Waals surface area contributed by atoms with Crippen LogP contribution in [0, 0.1) is 6.92 Å². The molecule has 2 heterocycles. The average Bonchev–Trinajstić information content (AvgIpc) is 3.14. The Kier molecular flexibility index (Phi) is 5.80. The van der Waals surface area contributed by atoms with Crippen molar-refractivity contribution in [2.45, 2.75) is 12.1 Å². The van der Waals surface area contributed by atoms with E-state index >= 15 is 0 Å². The number of aromatic hydroxyl groups is 1. The highest BCUT2D eigenvalue weighted by Gasteiger charge is 2.14. The number of thiophene rings is 1. The number of phenolic OH excluding ortho intramolecular Hbond substituents is 1. The minimum Gasteiger partial charge on any atom is -0.506 e. The molecule has 2 aromatic carbocycles. The molecule has 30 heavy (non-hydrogen) atoms. The SMILES string of the molecule is Cc1ccc(O)c(NC(=O)CSc2nc3scc(-c4ccc(Cl)cc4)c3c(=O)[nH]2)c1. The Labute approximate surface area is 184 Å². The zero-order valence-corrected chi connectivity index (χ0v) is 18.1. The number of thioether (sulfide) groups is 1. The standard InChI is InChI=1S/C21H16ClN3O3S2/c1-11-2-7-16(26)15(8-11)23-17(27)10-30-21-24-19(28)18-14(9-29-20(18)25-21)12-3-5-13(22)6-4-12/h2-9,26H,10H2,1H3,(H,23,27)(H,24,25,28). The lowest BCUT2D eigenvalue weighted by Gasteiger charge is -2.08. The summed E-state index contributed by atoms with van der Waals surface area (Å²) in [7, 11) is 0. The van der Waals surface area contributed by atoms with E-state index in [2.05, 4.69) is 15.3 Å². The number of nitrogens with zero attached hydrogens (tertiary/aromatic N) is 1. The maximum atomic E-state index is 12.7. The topological polar surface area (TPSA) is 95.1 Å². The number of amides is 1. The molecule has 4 aromatic rings. The number of carbonyl (C=O) groups is 1. The highest BCUT2D eigenvalue weighted by Crippen LogP contribution is 2.32. The van der Waals surface area contributed by atoms with Crippen LogP contribution in [0.2, 0.25) is 5.02 Å². The molecule has 152 valence electrons. The van der Waals surface area contributed by atoms with Gasteiger partial charge in [0.2, 0.25) is 5.91 Å². The van der Waals surface area contributed by atoms with Crippen molar-refractivity contribution in [2.24, 2.45) is 0 Å². The third kappa shape index (κ3) is 4.35. The molecular weight excluding hydrogens is 442 g/mol. The van der Waals surface area contributed by atoms with E-state index in [1.807, 2.05) is 24.4 Å². The van der Waals surface area contributed by atoms with Crippen molar-refractivity contribution in [3.63, 3.8) is 0 Å². The molecule has 0 aliphatic carbocycles. The van der Waals surface area contributed by atoms with E-state index in [0.29, 0.717) is 26.1 Å². The summed E-state index contributed by atoms with van der Waals surface area (Å²) in [4.78, 5) is 32.7. The third-order valence-corrected chi connectivity index (χ3v) is 6.34. The van der Waals surface area contributed by atoms with Gasteiger partial charge in [0.05, 0.1) is 16.8 Å². The summed E-state index contributed by atoms with van der Waals surface area (Å²) in [6.07, 6.45) is 0. The van der Waals surface area contributed by atoms with Crippen molar-refractivity contribution < 1.29 is 9.90 Å². The normalized spacial score (nSPS) is 11.0. The molecule has 0 radical (unpaired) electrons. The molecule has 2 aromatic heterocycles. The monoisotopic (exact) mass is 457 g/mol. The van der Waals surface area contributed by atoms with E-state index in [0.717, 1.165) is 28.5 Å². The van der Waals surface area contributed by atoms with Crippen LogP contribution in [0.15, 0.2) is 57.8 Å². The number of aromatic amines is 1. The summed E-state index contributed by atoms with van der Waals surface area (Å²) in [5.41, 5.74) is 2.69. The summed E-state index contributed by atoms with van der Waals surface area (Å²) in [6, 6.07) is 12.2. The van der Waals surface area contributed by atoms with Gasteiger partial charge in [-0.05, 0) is 42.3 Å². The van der Waals surface area contributed by atoms with Crippen LogP contribution in [0.25, 0.3) is 21.3 Å². The van der Waals surface area contributed by atoms with Crippen molar-refractivity contribution in [1.82, 2.24) is 9.97 Å². The van der Waals surface area contributed by atoms with Gasteiger partial charge < -0.3 is 15.4 Å². The quantitative estimate of drug-likeness (QED) is 0.221. The van der Waals surface area contributed by atoms with Crippen molar-refractivity contribution in [1.29, 1.82) is 0 Å². The van der Waals surface area contributed by atoms with E-state index in [1.165, 1.54) is 17.4 Å². The number of aryl methyl sites for hydroxylation is 1. The van der Waals surface area contributed by atoms with Crippen LogP contribution in [0.4, 0.5) is 5.69 Å². The van der Waals surface area contributed by atoms with Crippen molar-refractivity contribution in [2.75, 3.05) is 11.1 Å². The fourth-order valence-electron chi connectivity index (χ4n) is 2.91. The van der Waals surface area contributed by atoms with Crippen LogP contribution < -0.4 is 10.9 Å². The number of carbonyl (C=O) groups excluding carboxylic acids is 1. The molecule has 3 N–H and O–H groups in total. The molecule has 0 saturated carbocycles. The van der Waals surface area contributed by atoms with Gasteiger partial charge in [0.25, 0.3) is 5.56 Å². The number of aromatic nitrogens is 2. The van der Waals surface area contributed by atoms with Gasteiger partial charge in [0.15, 0.2) is 5.16 Å². The molecule has 0 saturated heterocycles. The van der Waals surface area contributed by atoms with E-state index in [9.17, 15) is 14.7 Å². The van der Waals surface area contributed by atoms with Gasteiger partial charge in [0.1, 0.15) is 10.6 Å². The summed E-state index contributed by atoms with van der Waals surface area (Å²) in [5.74, 6) is -0.269. The maximum absolute atomic E-state index is 12.7. The molecule has 0 atom stereocenters. The zero-order chi connectivity index (χ0) is 21.3. The molecule has 0 aliphatic rings. The second kappa shape index (κ2) is 8.51. The summed E-state index contributed by atoms with van der Waals surface area (Å²) in [5, 5.41) is 15.9. The van der Waals surface area contributed by atoms with Crippen LogP contribution in [0.5, 0.6) is 5.75 Å². The number of hydrogen-bond acceptors (Lipinski definition) is 6. The molecule has 1 amide bonds. The Balaban J connectivity index is 1.51. The second-order valence-corrected chi connectivity index (χ2v) is 8.82. The molecule has 0 spiro atoms. The number of H-pyrrole nitrogens is 1. The first-order chi connectivity index (χ1) is 14.4. The summed E-state index contributed by atoms with van der Waals surface area (Å²) < 4.78 is 0. The number of rotatable bonds is 5. The minimum absolute atomic E-state index is 0.000200. The van der Waals surface area contributed by atoms with Crippen LogP contribution in [-0.2, 0) is 4.79 Å². The Morgan fingerprint density at radius 1 is 1.27 bits per heavy atom. The number of nitrogens with one attached hydrogen (secondary N) is 2. The van der Waals surface area contributed by atoms with E-state index in [1.54, 1.807) is 24.3 Å². The van der Waals surface area contributed by atoms with Gasteiger partial charge in [-0.25, -0.2) is 4.98 Å². The number of anilines is 1. The van der Waals surface area contributed by atoms with Gasteiger partial charge in [-0.3, -0.25) is 9.59 Å². The smallest absolute Gasteiger partial charge is 0.260 e. The number of benzene rings is 2. The van der Waals surface area contributed by atoms with Crippen molar-refractivity contribution in [3.05, 3.63) is 68.8 Å². The molecule has 4 rings (SSSR count). The average molecular weight is 458 g/mol. The first-order valence-electron chi connectivity index (χ1n) is 8.90. The summed E-state index contributed by atoms with van der Waals surface area (Å²) in [6.45, 7) is 1.87. The van der Waals surface area contributed by atoms with E-state index in [-0.39, 0.29) is 23.0 Å². The highest BCUT2D eigenvalue weighted by atomic mass is 35.5. The minimum atomic E-state index is -0.309. The second-order valence-electron chi connectivity index (χ2n) is 6.56. The molecule has 0 aliphatic heterocycles. The lowest BCUT2D eigenvalue weighted by molar-refractivity contribution is -0.113. The fourth-order valence-corrected chi connectivity index (χ4v) is 4.70. The van der Waals surface area contributed by atoms with Crippen LogP contribution in [0.3, 0.4) is 0 Å². The van der Waals surface area contributed by atoms with Gasteiger partial charge in [-0.2, -0.15) is 0 Å². The van der Waals surface area contributed by atoms with Crippen LogP contribution in [-0.4, -0.2) is 26.7 Å². The van der Waals surface area contributed by atoms with E-state index in [4.69, 9.17) is 11.6 Å². The predicted octanol–water partition coefficient (Wildman–Crippen LogP) is 5.05. The molecule has 0 bridgehead atoms. The Morgan fingerprint density at radius 3 is 2.80 bits per heavy atom. The first-order valence-corrected chi connectivity index (χ1v) is 11.1. The Hall–Kier alpha value is -2.81. The lowest BCUT2D eigenvalue weighted by Crippen LogP contribution is -2.15. The van der Waals surface area contributed by atoms with Crippen molar-refractivity contribution >= 4 is 56.5 Å². The molecule has 6 nitrogen and oxygen atoms in total. The van der Waals surface area contributed by atoms with Crippen LogP contribution >= 0.6 is 34.7 Å². The van der Waals surface area contributed by atoms with Crippen LogP contribution in [0.1, 0.15) is 5.56 Å². The van der Waals surface area contributed by atoms with Gasteiger partial charge in [-0.1, -0.05) is 41.6 Å². The Bertz CT molecular complexity index is 1300. The molecule has 0 fully saturated rings. The molecule has 0 unspecified atom stereocenters. The van der Waals surface area contributed by atoms with Crippen molar-refractivity contribution in [3.8, 4) is 16.9 Å². The summed E-state index contributed by atoms with van der Waals surface area (Å²) >= 11 is 8.44. The van der Waals surface area contributed by atoms with Gasteiger partial charge in [-0.15, -0.1) is 11.3 Å². The van der Waals surface area contributed by atoms with E-state index < -0.39 is 0 Å². The fraction of sp³-hybridized carbons (Fsp3) is 0.0952. The number of halogens is 1. The van der Waals surface area contributed by atoms with Gasteiger partial charge in [0, 0.05) is 16.0 Å². The third-order valence-electron chi connectivity index (χ3n) is 4.34. The molecule has 9 heteroatoms. The first kappa shape index (κ1) is 20.5.